The summed E-state index contributed by atoms with van der Waals surface area (Å²) in [4.78, 5) is 7.42. The van der Waals surface area contributed by atoms with Crippen molar-refractivity contribution in [1.82, 2.24) is 14.3 Å². The summed E-state index contributed by atoms with van der Waals surface area (Å²) in [6.45, 7) is 1.65. The molecule has 0 saturated heterocycles. The second-order valence-electron chi connectivity index (χ2n) is 3.62. The van der Waals surface area contributed by atoms with E-state index in [0.717, 1.165) is 16.7 Å². The fourth-order valence-electron chi connectivity index (χ4n) is 1.19. The summed E-state index contributed by atoms with van der Waals surface area (Å²) in [6, 6.07) is 1.50. The molecule has 9 heteroatoms. The summed E-state index contributed by atoms with van der Waals surface area (Å²) < 4.78 is 25.4. The van der Waals surface area contributed by atoms with E-state index < -0.39 is 16.1 Å². The topological polar surface area (TPSA) is 125 Å². The Bertz CT molecular complexity index is 535. The highest BCUT2D eigenvalue weighted by molar-refractivity contribution is 7.89. The molecule has 1 aromatic rings. The monoisotopic (exact) mass is 270 g/mol. The number of anilines is 1. The Kier molecular flexibility index (Phi) is 4.55. The van der Waals surface area contributed by atoms with Crippen molar-refractivity contribution in [2.45, 2.75) is 24.3 Å². The van der Waals surface area contributed by atoms with Crippen LogP contribution in [-0.2, 0) is 10.0 Å². The normalized spacial score (nSPS) is 13.1. The molecule has 0 radical (unpaired) electrons. The number of rotatable bonds is 5. The van der Waals surface area contributed by atoms with Crippen LogP contribution in [-0.4, -0.2) is 35.8 Å². The van der Waals surface area contributed by atoms with Crippen LogP contribution in [0.15, 0.2) is 17.3 Å². The first-order chi connectivity index (χ1) is 8.43. The third kappa shape index (κ3) is 2.92. The van der Waals surface area contributed by atoms with E-state index in [1.807, 2.05) is 6.07 Å². The van der Waals surface area contributed by atoms with Crippen molar-refractivity contribution in [2.75, 3.05) is 12.5 Å². The minimum atomic E-state index is -3.70. The van der Waals surface area contributed by atoms with E-state index in [1.165, 1.54) is 7.05 Å². The molecule has 0 amide bonds. The van der Waals surface area contributed by atoms with E-state index >= 15 is 0 Å². The summed E-state index contributed by atoms with van der Waals surface area (Å²) in [5, 5.41) is 8.57. The van der Waals surface area contributed by atoms with Crippen LogP contribution in [0.25, 0.3) is 0 Å². The third-order valence-electron chi connectivity index (χ3n) is 2.44. The van der Waals surface area contributed by atoms with Gasteiger partial charge in [0.2, 0.25) is 16.0 Å². The van der Waals surface area contributed by atoms with Gasteiger partial charge in [-0.15, -0.1) is 0 Å². The molecule has 0 fully saturated rings. The second-order valence-corrected chi connectivity index (χ2v) is 5.62. The molecule has 1 atom stereocenters. The fourth-order valence-corrected chi connectivity index (χ4v) is 2.44. The van der Waals surface area contributed by atoms with Gasteiger partial charge in [0.05, 0.1) is 24.9 Å². The van der Waals surface area contributed by atoms with Gasteiger partial charge in [-0.3, -0.25) is 5.43 Å². The van der Waals surface area contributed by atoms with Crippen molar-refractivity contribution in [3.05, 3.63) is 12.4 Å². The van der Waals surface area contributed by atoms with Gasteiger partial charge in [-0.05, 0) is 6.92 Å². The largest absolute Gasteiger partial charge is 0.292 e. The minimum absolute atomic E-state index is 0.0474. The number of hydrazine groups is 1. The van der Waals surface area contributed by atoms with Crippen LogP contribution in [0.3, 0.4) is 0 Å². The van der Waals surface area contributed by atoms with Crippen LogP contribution in [0.2, 0.25) is 0 Å². The van der Waals surface area contributed by atoms with Crippen molar-refractivity contribution in [3.63, 3.8) is 0 Å². The lowest BCUT2D eigenvalue weighted by Crippen LogP contribution is -2.35. The van der Waals surface area contributed by atoms with Gasteiger partial charge in [0.15, 0.2) is 0 Å². The maximum Gasteiger partial charge on any atom is 0.246 e. The Morgan fingerprint density at radius 2 is 2.11 bits per heavy atom. The summed E-state index contributed by atoms with van der Waals surface area (Å²) in [5.41, 5.74) is 2.20. The molecule has 0 saturated carbocycles. The van der Waals surface area contributed by atoms with Crippen LogP contribution in [0.1, 0.15) is 13.3 Å². The molecule has 8 nitrogen and oxygen atoms in total. The van der Waals surface area contributed by atoms with Gasteiger partial charge >= 0.3 is 0 Å². The molecule has 3 N–H and O–H groups in total. The zero-order chi connectivity index (χ0) is 13.8. The van der Waals surface area contributed by atoms with Crippen LogP contribution < -0.4 is 11.3 Å². The Hall–Kier alpha value is -1.76. The fraction of sp³-hybridized carbons (Fsp3) is 0.444. The predicted octanol–water partition coefficient (Wildman–Crippen LogP) is -0.315. The lowest BCUT2D eigenvalue weighted by atomic mass is 10.3. The first-order valence-corrected chi connectivity index (χ1v) is 6.51. The Labute approximate surface area is 105 Å². The van der Waals surface area contributed by atoms with E-state index in [9.17, 15) is 8.42 Å². The smallest absolute Gasteiger partial charge is 0.246 e. The maximum atomic E-state index is 12.1. The molecule has 0 aromatic carbocycles. The summed E-state index contributed by atoms with van der Waals surface area (Å²) in [6.07, 6.45) is 2.43. The average Bonchev–Trinajstić information content (AvgIpc) is 2.38. The molecule has 1 heterocycles. The molecule has 0 aliphatic heterocycles. The predicted molar refractivity (Wildman–Crippen MR) is 64.5 cm³/mol. The maximum absolute atomic E-state index is 12.1. The Balaban J connectivity index is 3.02. The van der Waals surface area contributed by atoms with Gasteiger partial charge in [-0.1, -0.05) is 0 Å². The highest BCUT2D eigenvalue weighted by atomic mass is 32.2. The lowest BCUT2D eigenvalue weighted by Gasteiger charge is -2.21. The van der Waals surface area contributed by atoms with Crippen molar-refractivity contribution in [3.8, 4) is 6.07 Å². The molecular formula is C9H14N6O2S. The van der Waals surface area contributed by atoms with E-state index in [1.54, 1.807) is 6.92 Å². The summed E-state index contributed by atoms with van der Waals surface area (Å²) >= 11 is 0. The number of hydrogen-bond donors (Lipinski definition) is 2. The lowest BCUT2D eigenvalue weighted by molar-refractivity contribution is 0.393. The number of nitrogens with zero attached hydrogens (tertiary/aromatic N) is 4. The van der Waals surface area contributed by atoms with Crippen molar-refractivity contribution >= 4 is 16.0 Å². The van der Waals surface area contributed by atoms with Gasteiger partial charge in [0, 0.05) is 13.1 Å². The van der Waals surface area contributed by atoms with Crippen LogP contribution >= 0.6 is 0 Å². The minimum Gasteiger partial charge on any atom is -0.292 e. The average molecular weight is 270 g/mol. The third-order valence-corrected chi connectivity index (χ3v) is 4.37. The van der Waals surface area contributed by atoms with Crippen molar-refractivity contribution < 1.29 is 8.42 Å². The molecule has 0 spiro atoms. The van der Waals surface area contributed by atoms with E-state index in [0.29, 0.717) is 0 Å². The number of sulfonamides is 1. The first kappa shape index (κ1) is 14.3. The molecular weight excluding hydrogens is 256 g/mol. The second kappa shape index (κ2) is 5.72. The van der Waals surface area contributed by atoms with Gasteiger partial charge in [0.1, 0.15) is 4.90 Å². The van der Waals surface area contributed by atoms with E-state index in [2.05, 4.69) is 15.4 Å². The highest BCUT2D eigenvalue weighted by Gasteiger charge is 2.25. The highest BCUT2D eigenvalue weighted by Crippen LogP contribution is 2.16. The molecule has 1 unspecified atom stereocenters. The number of aromatic nitrogens is 2. The van der Waals surface area contributed by atoms with Gasteiger partial charge in [-0.2, -0.15) is 9.57 Å². The molecule has 0 bridgehead atoms. The summed E-state index contributed by atoms with van der Waals surface area (Å²) in [5.74, 6) is 5.21. The Morgan fingerprint density at radius 1 is 1.56 bits per heavy atom. The number of nitrogen functional groups attached to an aromatic ring is 1. The Morgan fingerprint density at radius 3 is 2.56 bits per heavy atom. The summed E-state index contributed by atoms with van der Waals surface area (Å²) in [7, 11) is -2.29. The van der Waals surface area contributed by atoms with E-state index in [-0.39, 0.29) is 17.3 Å². The van der Waals surface area contributed by atoms with Gasteiger partial charge in [-0.25, -0.2) is 24.2 Å². The zero-order valence-electron chi connectivity index (χ0n) is 10.0. The van der Waals surface area contributed by atoms with Crippen LogP contribution in [0, 0.1) is 11.3 Å². The van der Waals surface area contributed by atoms with Crippen molar-refractivity contribution in [1.29, 1.82) is 5.26 Å². The van der Waals surface area contributed by atoms with E-state index in [4.69, 9.17) is 11.1 Å². The number of nitrogens with one attached hydrogen (secondary N) is 1. The number of hydrogen-bond acceptors (Lipinski definition) is 7. The molecule has 18 heavy (non-hydrogen) atoms. The van der Waals surface area contributed by atoms with Crippen LogP contribution in [0.4, 0.5) is 5.95 Å². The number of nitriles is 1. The van der Waals surface area contributed by atoms with Crippen LogP contribution in [0.5, 0.6) is 0 Å². The van der Waals surface area contributed by atoms with Gasteiger partial charge in [0.25, 0.3) is 0 Å². The zero-order valence-corrected chi connectivity index (χ0v) is 10.8. The number of nitrogens with two attached hydrogens (primary N) is 1. The first-order valence-electron chi connectivity index (χ1n) is 5.07. The molecule has 0 aliphatic carbocycles. The molecule has 0 aliphatic rings. The SMILES string of the molecule is CC(CC#N)N(C)S(=O)(=O)c1cnc(NN)nc1. The molecule has 98 valence electrons. The molecule has 1 rings (SSSR count). The quantitative estimate of drug-likeness (QED) is 0.555. The van der Waals surface area contributed by atoms with Crippen molar-refractivity contribution in [2.24, 2.45) is 5.84 Å². The standard InChI is InChI=1S/C9H14N6O2S/c1-7(3-4-10)15(2)18(16,17)8-5-12-9(14-11)13-6-8/h5-7H,3,11H2,1-2H3,(H,12,13,14). The molecule has 1 aromatic heterocycles. The van der Waals surface area contributed by atoms with Gasteiger partial charge < -0.3 is 0 Å².